The fraction of sp³-hybridized carbons (Fsp3) is 0.294. The van der Waals surface area contributed by atoms with Crippen molar-refractivity contribution in [1.29, 1.82) is 0 Å². The van der Waals surface area contributed by atoms with Crippen molar-refractivity contribution in [2.45, 2.75) is 34.1 Å². The zero-order chi connectivity index (χ0) is 13.7. The van der Waals surface area contributed by atoms with E-state index in [4.69, 9.17) is 5.73 Å². The summed E-state index contributed by atoms with van der Waals surface area (Å²) < 4.78 is 0. The Balaban J connectivity index is 3.01. The van der Waals surface area contributed by atoms with E-state index in [0.717, 1.165) is 17.7 Å². The monoisotopic (exact) mass is 241 g/mol. The van der Waals surface area contributed by atoms with Gasteiger partial charge in [-0.05, 0) is 57.4 Å². The van der Waals surface area contributed by atoms with Gasteiger partial charge in [0.05, 0.1) is 0 Å². The molecule has 0 saturated heterocycles. The van der Waals surface area contributed by atoms with Gasteiger partial charge >= 0.3 is 0 Å². The molecule has 0 radical (unpaired) electrons. The van der Waals surface area contributed by atoms with Crippen LogP contribution in [0.3, 0.4) is 0 Å². The zero-order valence-electron chi connectivity index (χ0n) is 11.9. The van der Waals surface area contributed by atoms with Crippen molar-refractivity contribution in [2.24, 2.45) is 0 Å². The highest BCUT2D eigenvalue weighted by atomic mass is 14.5. The van der Waals surface area contributed by atoms with Gasteiger partial charge in [0, 0.05) is 5.69 Å². The molecule has 18 heavy (non-hydrogen) atoms. The Bertz CT molecular complexity index is 500. The van der Waals surface area contributed by atoms with Crippen LogP contribution in [0.5, 0.6) is 0 Å². The van der Waals surface area contributed by atoms with Gasteiger partial charge in [0.25, 0.3) is 0 Å². The molecule has 1 aromatic rings. The summed E-state index contributed by atoms with van der Waals surface area (Å²) in [5, 5.41) is 0. The molecule has 0 amide bonds. The first-order valence-corrected chi connectivity index (χ1v) is 6.25. The molecule has 0 aromatic heterocycles. The number of anilines is 1. The van der Waals surface area contributed by atoms with E-state index in [1.807, 2.05) is 19.1 Å². The minimum atomic E-state index is 0.794. The van der Waals surface area contributed by atoms with Crippen molar-refractivity contribution in [3.05, 3.63) is 59.2 Å². The van der Waals surface area contributed by atoms with E-state index in [2.05, 4.69) is 45.6 Å². The summed E-state index contributed by atoms with van der Waals surface area (Å²) in [4.78, 5) is 0. The van der Waals surface area contributed by atoms with Gasteiger partial charge < -0.3 is 5.73 Å². The molecular weight excluding hydrogens is 218 g/mol. The van der Waals surface area contributed by atoms with Crippen LogP contribution in [0.15, 0.2) is 48.1 Å². The normalized spacial score (nSPS) is 11.2. The summed E-state index contributed by atoms with van der Waals surface area (Å²) in [5.74, 6) is 0. The first-order chi connectivity index (χ1) is 8.40. The zero-order valence-corrected chi connectivity index (χ0v) is 11.9. The highest BCUT2D eigenvalue weighted by Crippen LogP contribution is 2.23. The second-order valence-electron chi connectivity index (χ2n) is 5.13. The first-order valence-electron chi connectivity index (χ1n) is 6.25. The van der Waals surface area contributed by atoms with Gasteiger partial charge in [0.1, 0.15) is 0 Å². The average molecular weight is 241 g/mol. The van der Waals surface area contributed by atoms with Crippen molar-refractivity contribution in [1.82, 2.24) is 0 Å². The molecule has 96 valence electrons. The Kier molecular flexibility index (Phi) is 4.96. The van der Waals surface area contributed by atoms with Gasteiger partial charge in [0.15, 0.2) is 0 Å². The lowest BCUT2D eigenvalue weighted by Gasteiger charge is -2.10. The minimum absolute atomic E-state index is 0.794. The van der Waals surface area contributed by atoms with Crippen LogP contribution in [0.4, 0.5) is 5.69 Å². The van der Waals surface area contributed by atoms with Crippen LogP contribution in [0.1, 0.15) is 38.8 Å². The Labute approximate surface area is 111 Å². The molecule has 0 fully saturated rings. The lowest BCUT2D eigenvalue weighted by molar-refractivity contribution is 1.13. The Morgan fingerprint density at radius 2 is 1.83 bits per heavy atom. The Morgan fingerprint density at radius 3 is 2.39 bits per heavy atom. The average Bonchev–Trinajstić information content (AvgIpc) is 2.28. The molecule has 0 bridgehead atoms. The SMILES string of the molecule is C=C(C)c1cc(N)ccc1C/C(C)=C\C=C(C)C. The fourth-order valence-corrected chi connectivity index (χ4v) is 1.81. The summed E-state index contributed by atoms with van der Waals surface area (Å²) in [7, 11) is 0. The molecule has 0 aliphatic heterocycles. The van der Waals surface area contributed by atoms with Crippen LogP contribution >= 0.6 is 0 Å². The van der Waals surface area contributed by atoms with Crippen LogP contribution in [0.25, 0.3) is 5.57 Å². The van der Waals surface area contributed by atoms with Gasteiger partial charge in [-0.1, -0.05) is 41.5 Å². The van der Waals surface area contributed by atoms with Crippen LogP contribution < -0.4 is 5.73 Å². The summed E-state index contributed by atoms with van der Waals surface area (Å²) in [5.41, 5.74) is 12.8. The van der Waals surface area contributed by atoms with E-state index in [0.29, 0.717) is 0 Å². The first kappa shape index (κ1) is 14.3. The van der Waals surface area contributed by atoms with Crippen LogP contribution in [-0.2, 0) is 6.42 Å². The number of allylic oxidation sites excluding steroid dienone is 5. The van der Waals surface area contributed by atoms with E-state index < -0.39 is 0 Å². The summed E-state index contributed by atoms with van der Waals surface area (Å²) in [6.07, 6.45) is 5.26. The molecule has 0 spiro atoms. The molecule has 0 unspecified atom stereocenters. The van der Waals surface area contributed by atoms with Gasteiger partial charge in [-0.25, -0.2) is 0 Å². The Morgan fingerprint density at radius 1 is 1.17 bits per heavy atom. The molecule has 1 nitrogen and oxygen atoms in total. The van der Waals surface area contributed by atoms with E-state index in [9.17, 15) is 0 Å². The third-order valence-corrected chi connectivity index (χ3v) is 2.76. The fourth-order valence-electron chi connectivity index (χ4n) is 1.81. The van der Waals surface area contributed by atoms with E-state index in [-0.39, 0.29) is 0 Å². The highest BCUT2D eigenvalue weighted by Gasteiger charge is 2.04. The van der Waals surface area contributed by atoms with E-state index in [1.165, 1.54) is 22.3 Å². The quantitative estimate of drug-likeness (QED) is 0.597. The molecule has 1 aromatic carbocycles. The van der Waals surface area contributed by atoms with Crippen LogP contribution in [0, 0.1) is 0 Å². The predicted molar refractivity (Wildman–Crippen MR) is 82.5 cm³/mol. The second kappa shape index (κ2) is 6.25. The molecule has 2 N–H and O–H groups in total. The number of nitrogen functional groups attached to an aromatic ring is 1. The summed E-state index contributed by atoms with van der Waals surface area (Å²) in [6, 6.07) is 6.06. The van der Waals surface area contributed by atoms with Crippen molar-refractivity contribution in [2.75, 3.05) is 5.73 Å². The van der Waals surface area contributed by atoms with Crippen LogP contribution in [-0.4, -0.2) is 0 Å². The molecule has 0 heterocycles. The molecular formula is C17H23N. The molecule has 0 aliphatic carbocycles. The lowest BCUT2D eigenvalue weighted by Crippen LogP contribution is -1.96. The van der Waals surface area contributed by atoms with Gasteiger partial charge in [-0.15, -0.1) is 0 Å². The molecule has 0 aliphatic rings. The number of hydrogen-bond donors (Lipinski definition) is 1. The molecule has 1 heteroatoms. The number of benzene rings is 1. The van der Waals surface area contributed by atoms with Gasteiger partial charge in [-0.2, -0.15) is 0 Å². The van der Waals surface area contributed by atoms with Crippen molar-refractivity contribution >= 4 is 11.3 Å². The topological polar surface area (TPSA) is 26.0 Å². The van der Waals surface area contributed by atoms with Crippen molar-refractivity contribution in [3.63, 3.8) is 0 Å². The van der Waals surface area contributed by atoms with Gasteiger partial charge in [-0.3, -0.25) is 0 Å². The lowest BCUT2D eigenvalue weighted by atomic mass is 9.96. The maximum Gasteiger partial charge on any atom is 0.0320 e. The number of hydrogen-bond acceptors (Lipinski definition) is 1. The molecule has 0 saturated carbocycles. The van der Waals surface area contributed by atoms with E-state index >= 15 is 0 Å². The highest BCUT2D eigenvalue weighted by molar-refractivity contribution is 5.68. The Hall–Kier alpha value is -1.76. The predicted octanol–water partition coefficient (Wildman–Crippen LogP) is 4.76. The van der Waals surface area contributed by atoms with Gasteiger partial charge in [0.2, 0.25) is 0 Å². The molecule has 1 rings (SSSR count). The third kappa shape index (κ3) is 4.25. The molecule has 0 atom stereocenters. The minimum Gasteiger partial charge on any atom is -0.399 e. The van der Waals surface area contributed by atoms with Crippen molar-refractivity contribution < 1.29 is 0 Å². The standard InChI is InChI=1S/C17H23N/c1-12(2)6-7-14(5)10-15-8-9-16(18)11-17(15)13(3)4/h6-9,11H,3,10,18H2,1-2,4-5H3/b14-7-. The number of nitrogens with two attached hydrogens (primary N) is 1. The van der Waals surface area contributed by atoms with Crippen LogP contribution in [0.2, 0.25) is 0 Å². The number of rotatable bonds is 4. The summed E-state index contributed by atoms with van der Waals surface area (Å²) >= 11 is 0. The van der Waals surface area contributed by atoms with E-state index in [1.54, 1.807) is 0 Å². The second-order valence-corrected chi connectivity index (χ2v) is 5.13. The largest absolute Gasteiger partial charge is 0.399 e. The summed E-state index contributed by atoms with van der Waals surface area (Å²) in [6.45, 7) is 12.4. The maximum absolute atomic E-state index is 5.83. The van der Waals surface area contributed by atoms with Crippen molar-refractivity contribution in [3.8, 4) is 0 Å². The third-order valence-electron chi connectivity index (χ3n) is 2.76. The smallest absolute Gasteiger partial charge is 0.0320 e. The maximum atomic E-state index is 5.83.